The van der Waals surface area contributed by atoms with Gasteiger partial charge in [0.05, 0.1) is 5.69 Å². The summed E-state index contributed by atoms with van der Waals surface area (Å²) in [5, 5.41) is 0.455. The van der Waals surface area contributed by atoms with Crippen LogP contribution in [0.15, 0.2) is 23.1 Å². The average molecular weight is 301 g/mol. The van der Waals surface area contributed by atoms with Gasteiger partial charge < -0.3 is 5.73 Å². The third-order valence-corrected chi connectivity index (χ3v) is 5.88. The molecule has 0 atom stereocenters. The number of benzene rings is 1. The van der Waals surface area contributed by atoms with Crippen molar-refractivity contribution < 1.29 is 8.42 Å². The van der Waals surface area contributed by atoms with Crippen molar-refractivity contribution in [3.05, 3.63) is 23.2 Å². The van der Waals surface area contributed by atoms with Crippen LogP contribution in [0.1, 0.15) is 25.7 Å². The van der Waals surface area contributed by atoms with E-state index in [0.717, 1.165) is 25.7 Å². The van der Waals surface area contributed by atoms with Crippen LogP contribution >= 0.6 is 11.6 Å². The van der Waals surface area contributed by atoms with E-state index in [0.29, 0.717) is 17.5 Å². The van der Waals surface area contributed by atoms with Gasteiger partial charge in [-0.05, 0) is 49.8 Å². The van der Waals surface area contributed by atoms with Crippen LogP contribution in [0.5, 0.6) is 0 Å². The zero-order chi connectivity index (χ0) is 13.6. The van der Waals surface area contributed by atoms with Crippen LogP contribution in [-0.4, -0.2) is 25.3 Å². The maximum absolute atomic E-state index is 12.7. The molecule has 2 saturated carbocycles. The average Bonchev–Trinajstić information content (AvgIpc) is 3.19. The highest BCUT2D eigenvalue weighted by atomic mass is 35.5. The summed E-state index contributed by atoms with van der Waals surface area (Å²) in [5.74, 6) is 0.531. The number of halogens is 1. The summed E-state index contributed by atoms with van der Waals surface area (Å²) in [5.41, 5.74) is 6.05. The molecule has 3 rings (SSSR count). The van der Waals surface area contributed by atoms with Gasteiger partial charge in [0.2, 0.25) is 10.0 Å². The number of hydrogen-bond donors (Lipinski definition) is 1. The molecule has 1 aromatic carbocycles. The molecule has 2 aliphatic rings. The number of nitrogens with zero attached hydrogens (tertiary/aromatic N) is 1. The summed E-state index contributed by atoms with van der Waals surface area (Å²) < 4.78 is 27.1. The molecule has 0 heterocycles. The second-order valence-corrected chi connectivity index (χ2v) is 7.73. The van der Waals surface area contributed by atoms with E-state index >= 15 is 0 Å². The molecular formula is C13H17ClN2O2S. The molecule has 2 fully saturated rings. The molecule has 2 aliphatic carbocycles. The van der Waals surface area contributed by atoms with E-state index in [-0.39, 0.29) is 16.6 Å². The molecule has 1 aromatic rings. The van der Waals surface area contributed by atoms with Crippen molar-refractivity contribution in [3.8, 4) is 0 Å². The number of hydrogen-bond acceptors (Lipinski definition) is 3. The maximum Gasteiger partial charge on any atom is 0.245 e. The second kappa shape index (κ2) is 4.65. The van der Waals surface area contributed by atoms with Gasteiger partial charge in [-0.1, -0.05) is 11.6 Å². The smallest absolute Gasteiger partial charge is 0.245 e. The van der Waals surface area contributed by atoms with Crippen molar-refractivity contribution in [1.29, 1.82) is 0 Å². The van der Waals surface area contributed by atoms with Gasteiger partial charge in [0.15, 0.2) is 0 Å². The summed E-state index contributed by atoms with van der Waals surface area (Å²) >= 11 is 5.83. The normalized spacial score (nSPS) is 19.9. The summed E-state index contributed by atoms with van der Waals surface area (Å²) in [6.45, 7) is 0.634. The number of nitrogen functional groups attached to an aromatic ring is 1. The zero-order valence-corrected chi connectivity index (χ0v) is 12.1. The van der Waals surface area contributed by atoms with Gasteiger partial charge in [0, 0.05) is 17.6 Å². The summed E-state index contributed by atoms with van der Waals surface area (Å²) in [7, 11) is -3.49. The molecule has 2 N–H and O–H groups in total. The molecule has 0 amide bonds. The molecule has 0 aromatic heterocycles. The zero-order valence-electron chi connectivity index (χ0n) is 10.5. The lowest BCUT2D eigenvalue weighted by atomic mass is 10.3. The Bertz CT molecular complexity index is 595. The van der Waals surface area contributed by atoms with Gasteiger partial charge in [-0.15, -0.1) is 0 Å². The van der Waals surface area contributed by atoms with Crippen LogP contribution in [-0.2, 0) is 10.0 Å². The van der Waals surface area contributed by atoms with E-state index in [1.165, 1.54) is 12.1 Å². The monoisotopic (exact) mass is 300 g/mol. The second-order valence-electron chi connectivity index (χ2n) is 5.43. The molecule has 0 aliphatic heterocycles. The number of nitrogens with two attached hydrogens (primary N) is 1. The Hall–Kier alpha value is -0.780. The van der Waals surface area contributed by atoms with Crippen LogP contribution in [0.2, 0.25) is 5.02 Å². The molecule has 0 unspecified atom stereocenters. The first-order chi connectivity index (χ1) is 8.98. The Morgan fingerprint density at radius 3 is 2.47 bits per heavy atom. The van der Waals surface area contributed by atoms with E-state index in [9.17, 15) is 8.42 Å². The lowest BCUT2D eigenvalue weighted by molar-refractivity contribution is 0.389. The van der Waals surface area contributed by atoms with Crippen molar-refractivity contribution in [1.82, 2.24) is 4.31 Å². The van der Waals surface area contributed by atoms with Crippen LogP contribution in [0.4, 0.5) is 5.69 Å². The van der Waals surface area contributed by atoms with Crippen molar-refractivity contribution in [3.63, 3.8) is 0 Å². The van der Waals surface area contributed by atoms with E-state index in [1.54, 1.807) is 10.4 Å². The van der Waals surface area contributed by atoms with Gasteiger partial charge in [0.25, 0.3) is 0 Å². The topological polar surface area (TPSA) is 63.4 Å². The van der Waals surface area contributed by atoms with Crippen LogP contribution in [0, 0.1) is 5.92 Å². The quantitative estimate of drug-likeness (QED) is 0.850. The fourth-order valence-corrected chi connectivity index (χ4v) is 4.28. The minimum absolute atomic E-state index is 0.167. The van der Waals surface area contributed by atoms with Gasteiger partial charge in [0.1, 0.15) is 4.90 Å². The lowest BCUT2D eigenvalue weighted by Gasteiger charge is -2.22. The highest BCUT2D eigenvalue weighted by Crippen LogP contribution is 2.39. The van der Waals surface area contributed by atoms with Gasteiger partial charge in [-0.3, -0.25) is 0 Å². The molecule has 6 heteroatoms. The summed E-state index contributed by atoms with van der Waals surface area (Å²) in [6.07, 6.45) is 4.18. The SMILES string of the molecule is Nc1cc(Cl)ccc1S(=O)(=O)N(CC1CC1)C1CC1. The fourth-order valence-electron chi connectivity index (χ4n) is 2.24. The number of sulfonamides is 1. The van der Waals surface area contributed by atoms with E-state index in [2.05, 4.69) is 0 Å². The molecule has 0 spiro atoms. The largest absolute Gasteiger partial charge is 0.398 e. The Balaban J connectivity index is 1.94. The van der Waals surface area contributed by atoms with Crippen molar-refractivity contribution >= 4 is 27.3 Å². The molecular weight excluding hydrogens is 284 g/mol. The Kier molecular flexibility index (Phi) is 3.23. The fraction of sp³-hybridized carbons (Fsp3) is 0.538. The predicted octanol–water partition coefficient (Wildman–Crippen LogP) is 2.49. The first-order valence-corrected chi connectivity index (χ1v) is 8.37. The van der Waals surface area contributed by atoms with Crippen LogP contribution in [0.3, 0.4) is 0 Å². The minimum Gasteiger partial charge on any atom is -0.398 e. The van der Waals surface area contributed by atoms with E-state index in [1.807, 2.05) is 0 Å². The molecule has 0 saturated heterocycles. The molecule has 0 radical (unpaired) electrons. The van der Waals surface area contributed by atoms with Crippen LogP contribution in [0.25, 0.3) is 0 Å². The number of anilines is 1. The first kappa shape index (κ1) is 13.2. The molecule has 0 bridgehead atoms. The van der Waals surface area contributed by atoms with Gasteiger partial charge in [-0.2, -0.15) is 4.31 Å². The predicted molar refractivity (Wildman–Crippen MR) is 75.5 cm³/mol. The third-order valence-electron chi connectivity index (χ3n) is 3.65. The Morgan fingerprint density at radius 2 is 1.95 bits per heavy atom. The van der Waals surface area contributed by atoms with E-state index < -0.39 is 10.0 Å². The van der Waals surface area contributed by atoms with Crippen molar-refractivity contribution in [2.24, 2.45) is 5.92 Å². The molecule has 4 nitrogen and oxygen atoms in total. The van der Waals surface area contributed by atoms with Gasteiger partial charge >= 0.3 is 0 Å². The third kappa shape index (κ3) is 2.73. The summed E-state index contributed by atoms with van der Waals surface area (Å²) in [4.78, 5) is 0.185. The maximum atomic E-state index is 12.7. The van der Waals surface area contributed by atoms with Crippen LogP contribution < -0.4 is 5.73 Å². The van der Waals surface area contributed by atoms with Gasteiger partial charge in [-0.25, -0.2) is 8.42 Å². The highest BCUT2D eigenvalue weighted by molar-refractivity contribution is 7.89. The van der Waals surface area contributed by atoms with Crippen molar-refractivity contribution in [2.75, 3.05) is 12.3 Å². The summed E-state index contributed by atoms with van der Waals surface area (Å²) in [6, 6.07) is 4.75. The Labute approximate surface area is 118 Å². The van der Waals surface area contributed by atoms with E-state index in [4.69, 9.17) is 17.3 Å². The highest BCUT2D eigenvalue weighted by Gasteiger charge is 2.41. The van der Waals surface area contributed by atoms with Crippen molar-refractivity contribution in [2.45, 2.75) is 36.6 Å². The minimum atomic E-state index is -3.49. The molecule has 19 heavy (non-hydrogen) atoms. The first-order valence-electron chi connectivity index (χ1n) is 6.55. The standard InChI is InChI=1S/C13H17ClN2O2S/c14-10-3-6-13(12(15)7-10)19(17,18)16(11-4-5-11)8-9-1-2-9/h3,6-7,9,11H,1-2,4-5,8,15H2. The molecule has 104 valence electrons. The number of rotatable bonds is 5. The lowest BCUT2D eigenvalue weighted by Crippen LogP contribution is -2.35. The Morgan fingerprint density at radius 1 is 1.26 bits per heavy atom.